The standard InChI is InChI=1S/C15H20FN3O/c1-10(2)19-14-4-3-11(16)7-13(14)18-15(19)8-12-9-17-5-6-20-12/h3-4,7,10,12,17H,5-6,8-9H2,1-2H3. The molecule has 2 heterocycles. The first kappa shape index (κ1) is 13.5. The molecule has 1 atom stereocenters. The van der Waals surface area contributed by atoms with E-state index in [0.29, 0.717) is 0 Å². The van der Waals surface area contributed by atoms with Gasteiger partial charge in [-0.25, -0.2) is 9.37 Å². The zero-order valence-corrected chi connectivity index (χ0v) is 11.9. The van der Waals surface area contributed by atoms with Crippen molar-refractivity contribution in [3.63, 3.8) is 0 Å². The second-order valence-corrected chi connectivity index (χ2v) is 5.53. The Labute approximate surface area is 117 Å². The first-order valence-corrected chi connectivity index (χ1v) is 7.14. The normalized spacial score (nSPS) is 19.9. The number of hydrogen-bond donors (Lipinski definition) is 1. The Hall–Kier alpha value is -1.46. The molecule has 1 fully saturated rings. The van der Waals surface area contributed by atoms with Gasteiger partial charge in [-0.05, 0) is 26.0 Å². The Kier molecular flexibility index (Phi) is 3.72. The van der Waals surface area contributed by atoms with Crippen LogP contribution in [-0.4, -0.2) is 35.4 Å². The molecular formula is C15H20FN3O. The average Bonchev–Trinajstić information content (AvgIpc) is 2.76. The number of nitrogens with zero attached hydrogens (tertiary/aromatic N) is 2. The molecule has 108 valence electrons. The fourth-order valence-corrected chi connectivity index (χ4v) is 2.80. The minimum Gasteiger partial charge on any atom is -0.375 e. The summed E-state index contributed by atoms with van der Waals surface area (Å²) in [4.78, 5) is 4.60. The second-order valence-electron chi connectivity index (χ2n) is 5.53. The zero-order chi connectivity index (χ0) is 14.1. The van der Waals surface area contributed by atoms with Crippen LogP contribution in [0.2, 0.25) is 0 Å². The van der Waals surface area contributed by atoms with Crippen LogP contribution < -0.4 is 5.32 Å². The number of fused-ring (bicyclic) bond motifs is 1. The Morgan fingerprint density at radius 2 is 2.35 bits per heavy atom. The van der Waals surface area contributed by atoms with E-state index >= 15 is 0 Å². The molecule has 0 radical (unpaired) electrons. The third-order valence-corrected chi connectivity index (χ3v) is 3.66. The molecule has 1 saturated heterocycles. The number of hydrogen-bond acceptors (Lipinski definition) is 3. The molecule has 0 amide bonds. The summed E-state index contributed by atoms with van der Waals surface area (Å²) >= 11 is 0. The smallest absolute Gasteiger partial charge is 0.125 e. The van der Waals surface area contributed by atoms with E-state index in [-0.39, 0.29) is 18.0 Å². The molecule has 5 heteroatoms. The van der Waals surface area contributed by atoms with Crippen LogP contribution in [0.3, 0.4) is 0 Å². The number of nitrogens with one attached hydrogen (secondary N) is 1. The van der Waals surface area contributed by atoms with Crippen LogP contribution in [0.15, 0.2) is 18.2 Å². The number of ether oxygens (including phenoxy) is 1. The molecule has 0 aliphatic carbocycles. The van der Waals surface area contributed by atoms with Crippen molar-refractivity contribution in [1.82, 2.24) is 14.9 Å². The summed E-state index contributed by atoms with van der Waals surface area (Å²) in [5.74, 6) is 0.724. The number of morpholine rings is 1. The number of imidazole rings is 1. The van der Waals surface area contributed by atoms with Crippen LogP contribution in [-0.2, 0) is 11.2 Å². The van der Waals surface area contributed by atoms with Gasteiger partial charge in [-0.3, -0.25) is 0 Å². The van der Waals surface area contributed by atoms with Gasteiger partial charge >= 0.3 is 0 Å². The van der Waals surface area contributed by atoms with Crippen molar-refractivity contribution in [3.05, 3.63) is 29.8 Å². The summed E-state index contributed by atoms with van der Waals surface area (Å²) in [6.07, 6.45) is 0.893. The van der Waals surface area contributed by atoms with Gasteiger partial charge in [-0.15, -0.1) is 0 Å². The molecular weight excluding hydrogens is 257 g/mol. The maximum Gasteiger partial charge on any atom is 0.125 e. The van der Waals surface area contributed by atoms with Gasteiger partial charge in [0.1, 0.15) is 11.6 Å². The predicted octanol–water partition coefficient (Wildman–Crippen LogP) is 2.29. The quantitative estimate of drug-likeness (QED) is 0.935. The van der Waals surface area contributed by atoms with Crippen LogP contribution in [0.1, 0.15) is 25.7 Å². The second kappa shape index (κ2) is 5.50. The zero-order valence-electron chi connectivity index (χ0n) is 11.9. The number of benzene rings is 1. The van der Waals surface area contributed by atoms with Gasteiger partial charge in [0.05, 0.1) is 23.7 Å². The lowest BCUT2D eigenvalue weighted by Crippen LogP contribution is -2.40. The van der Waals surface area contributed by atoms with Gasteiger partial charge < -0.3 is 14.6 Å². The molecule has 2 aromatic rings. The van der Waals surface area contributed by atoms with E-state index in [4.69, 9.17) is 4.74 Å². The van der Waals surface area contributed by atoms with Gasteiger partial charge in [0.2, 0.25) is 0 Å². The highest BCUT2D eigenvalue weighted by molar-refractivity contribution is 5.76. The van der Waals surface area contributed by atoms with E-state index in [1.807, 2.05) is 0 Å². The largest absolute Gasteiger partial charge is 0.375 e. The highest BCUT2D eigenvalue weighted by Crippen LogP contribution is 2.23. The molecule has 1 aliphatic heterocycles. The average molecular weight is 277 g/mol. The topological polar surface area (TPSA) is 39.1 Å². The lowest BCUT2D eigenvalue weighted by molar-refractivity contribution is 0.0275. The fraction of sp³-hybridized carbons (Fsp3) is 0.533. The van der Waals surface area contributed by atoms with Crippen LogP contribution in [0.25, 0.3) is 11.0 Å². The Bertz CT molecular complexity index is 602. The van der Waals surface area contributed by atoms with E-state index in [2.05, 4.69) is 28.7 Å². The molecule has 3 rings (SSSR count). The summed E-state index contributed by atoms with van der Waals surface area (Å²) in [6.45, 7) is 6.72. The molecule has 1 aromatic heterocycles. The van der Waals surface area contributed by atoms with E-state index in [0.717, 1.165) is 43.0 Å². The molecule has 1 N–H and O–H groups in total. The van der Waals surface area contributed by atoms with Crippen molar-refractivity contribution in [3.8, 4) is 0 Å². The van der Waals surface area contributed by atoms with Gasteiger partial charge in [-0.1, -0.05) is 0 Å². The van der Waals surface area contributed by atoms with E-state index in [9.17, 15) is 4.39 Å². The number of halogens is 1. The first-order valence-electron chi connectivity index (χ1n) is 7.14. The summed E-state index contributed by atoms with van der Waals surface area (Å²) < 4.78 is 21.3. The molecule has 0 saturated carbocycles. The SMILES string of the molecule is CC(C)n1c(CC2CNCCO2)nc2cc(F)ccc21. The first-order chi connectivity index (χ1) is 9.65. The van der Waals surface area contributed by atoms with Crippen LogP contribution in [0, 0.1) is 5.82 Å². The third kappa shape index (κ3) is 2.55. The minimum atomic E-state index is -0.243. The van der Waals surface area contributed by atoms with Gasteiger partial charge in [-0.2, -0.15) is 0 Å². The van der Waals surface area contributed by atoms with Crippen LogP contribution in [0.4, 0.5) is 4.39 Å². The molecule has 1 aliphatic rings. The van der Waals surface area contributed by atoms with Crippen molar-refractivity contribution in [2.45, 2.75) is 32.4 Å². The lowest BCUT2D eigenvalue weighted by Gasteiger charge is -2.24. The summed E-state index contributed by atoms with van der Waals surface area (Å²) in [5.41, 5.74) is 1.71. The molecule has 1 aromatic carbocycles. The number of rotatable bonds is 3. The third-order valence-electron chi connectivity index (χ3n) is 3.66. The van der Waals surface area contributed by atoms with Crippen molar-refractivity contribution in [1.29, 1.82) is 0 Å². The molecule has 0 spiro atoms. The Morgan fingerprint density at radius 1 is 1.50 bits per heavy atom. The Morgan fingerprint density at radius 3 is 3.05 bits per heavy atom. The van der Waals surface area contributed by atoms with E-state index < -0.39 is 0 Å². The molecule has 0 bridgehead atoms. The maximum atomic E-state index is 13.4. The molecule has 4 nitrogen and oxygen atoms in total. The van der Waals surface area contributed by atoms with Gasteiger partial charge in [0.25, 0.3) is 0 Å². The summed E-state index contributed by atoms with van der Waals surface area (Å²) in [5, 5.41) is 3.32. The van der Waals surface area contributed by atoms with Gasteiger partial charge in [0.15, 0.2) is 0 Å². The fourth-order valence-electron chi connectivity index (χ4n) is 2.80. The van der Waals surface area contributed by atoms with Crippen molar-refractivity contribution < 1.29 is 9.13 Å². The Balaban J connectivity index is 1.97. The highest BCUT2D eigenvalue weighted by atomic mass is 19.1. The summed E-state index contributed by atoms with van der Waals surface area (Å²) in [6, 6.07) is 5.08. The molecule has 1 unspecified atom stereocenters. The van der Waals surface area contributed by atoms with Crippen LogP contribution in [0.5, 0.6) is 0 Å². The van der Waals surface area contributed by atoms with Crippen molar-refractivity contribution >= 4 is 11.0 Å². The maximum absolute atomic E-state index is 13.4. The monoisotopic (exact) mass is 277 g/mol. The predicted molar refractivity (Wildman–Crippen MR) is 76.4 cm³/mol. The van der Waals surface area contributed by atoms with E-state index in [1.165, 1.54) is 12.1 Å². The van der Waals surface area contributed by atoms with Gasteiger partial charge in [0, 0.05) is 31.6 Å². The summed E-state index contributed by atoms with van der Waals surface area (Å²) in [7, 11) is 0. The van der Waals surface area contributed by atoms with Crippen molar-refractivity contribution in [2.24, 2.45) is 0 Å². The highest BCUT2D eigenvalue weighted by Gasteiger charge is 2.20. The lowest BCUT2D eigenvalue weighted by atomic mass is 10.2. The minimum absolute atomic E-state index is 0.142. The number of aromatic nitrogens is 2. The van der Waals surface area contributed by atoms with Crippen molar-refractivity contribution in [2.75, 3.05) is 19.7 Å². The van der Waals surface area contributed by atoms with Crippen LogP contribution >= 0.6 is 0 Å². The van der Waals surface area contributed by atoms with E-state index in [1.54, 1.807) is 6.07 Å². The molecule has 20 heavy (non-hydrogen) atoms.